The Balaban J connectivity index is 1.69. The lowest BCUT2D eigenvalue weighted by atomic mass is 9.74. The maximum absolute atomic E-state index is 13.3. The number of nitrogens with one attached hydrogen (secondary N) is 1. The number of benzene rings is 3. The molecule has 0 amide bonds. The molecule has 1 N–H and O–H groups in total. The third-order valence-corrected chi connectivity index (χ3v) is 6.57. The molecule has 5 rings (SSSR count). The minimum absolute atomic E-state index is 0.189. The van der Waals surface area contributed by atoms with Gasteiger partial charge in [-0.15, -0.1) is 0 Å². The monoisotopic (exact) mass is 455 g/mol. The fourth-order valence-corrected chi connectivity index (χ4v) is 5.12. The van der Waals surface area contributed by atoms with Crippen LogP contribution in [0.25, 0.3) is 10.8 Å². The molecule has 0 spiro atoms. The average molecular weight is 456 g/mol. The fraction of sp³-hybridized carbons (Fsp3) is 0.310. The van der Waals surface area contributed by atoms with Crippen molar-refractivity contribution in [2.75, 3.05) is 11.9 Å². The second-order valence-corrected chi connectivity index (χ2v) is 8.84. The van der Waals surface area contributed by atoms with Gasteiger partial charge in [-0.05, 0) is 66.3 Å². The summed E-state index contributed by atoms with van der Waals surface area (Å²) in [5, 5.41) is 5.83. The number of fused-ring (bicyclic) bond motifs is 3. The van der Waals surface area contributed by atoms with E-state index in [1.807, 2.05) is 38.1 Å². The molecule has 5 nitrogen and oxygen atoms in total. The van der Waals surface area contributed by atoms with E-state index >= 15 is 0 Å². The zero-order valence-electron chi connectivity index (χ0n) is 19.6. The molecule has 1 aliphatic carbocycles. The van der Waals surface area contributed by atoms with Gasteiger partial charge >= 0.3 is 5.97 Å². The molecule has 3 aromatic carbocycles. The van der Waals surface area contributed by atoms with Crippen LogP contribution in [-0.2, 0) is 9.59 Å². The van der Waals surface area contributed by atoms with Crippen molar-refractivity contribution in [3.8, 4) is 11.5 Å². The minimum Gasteiger partial charge on any atom is -0.490 e. The quantitative estimate of drug-likeness (QED) is 0.339. The molecule has 0 fully saturated rings. The van der Waals surface area contributed by atoms with Gasteiger partial charge in [0.15, 0.2) is 17.3 Å². The maximum Gasteiger partial charge on any atom is 0.311 e. The number of ether oxygens (including phenoxy) is 2. The first kappa shape index (κ1) is 22.2. The van der Waals surface area contributed by atoms with Crippen molar-refractivity contribution < 1.29 is 19.1 Å². The summed E-state index contributed by atoms with van der Waals surface area (Å²) >= 11 is 0. The predicted molar refractivity (Wildman–Crippen MR) is 133 cm³/mol. The highest BCUT2D eigenvalue weighted by Crippen LogP contribution is 2.49. The van der Waals surface area contributed by atoms with Crippen molar-refractivity contribution in [3.05, 3.63) is 77.0 Å². The lowest BCUT2D eigenvalue weighted by Crippen LogP contribution is -2.27. The molecule has 34 heavy (non-hydrogen) atoms. The molecule has 1 heterocycles. The molecule has 3 aromatic rings. The number of esters is 1. The van der Waals surface area contributed by atoms with E-state index in [-0.39, 0.29) is 17.7 Å². The summed E-state index contributed by atoms with van der Waals surface area (Å²) in [5.41, 5.74) is 4.95. The molecule has 0 radical (unpaired) electrons. The van der Waals surface area contributed by atoms with E-state index in [1.165, 1.54) is 0 Å². The molecule has 0 saturated carbocycles. The smallest absolute Gasteiger partial charge is 0.311 e. The summed E-state index contributed by atoms with van der Waals surface area (Å²) in [7, 11) is 0. The van der Waals surface area contributed by atoms with E-state index in [0.717, 1.165) is 58.1 Å². The summed E-state index contributed by atoms with van der Waals surface area (Å²) in [6.07, 6.45) is 3.35. The normalized spacial score (nSPS) is 17.1. The molecule has 2 aliphatic rings. The Bertz CT molecular complexity index is 1310. The van der Waals surface area contributed by atoms with Crippen molar-refractivity contribution in [1.29, 1.82) is 0 Å². The lowest BCUT2D eigenvalue weighted by molar-refractivity contribution is -0.134. The Morgan fingerprint density at radius 3 is 2.71 bits per heavy atom. The lowest BCUT2D eigenvalue weighted by Gasteiger charge is -2.35. The number of ketones is 1. The van der Waals surface area contributed by atoms with E-state index in [9.17, 15) is 9.59 Å². The van der Waals surface area contributed by atoms with Gasteiger partial charge in [-0.2, -0.15) is 0 Å². The Kier molecular flexibility index (Phi) is 6.10. The van der Waals surface area contributed by atoms with Crippen molar-refractivity contribution in [1.82, 2.24) is 0 Å². The van der Waals surface area contributed by atoms with Gasteiger partial charge < -0.3 is 14.8 Å². The van der Waals surface area contributed by atoms with Gasteiger partial charge in [0.2, 0.25) is 0 Å². The van der Waals surface area contributed by atoms with Crippen LogP contribution in [0.3, 0.4) is 0 Å². The highest BCUT2D eigenvalue weighted by Gasteiger charge is 2.36. The van der Waals surface area contributed by atoms with Crippen molar-refractivity contribution in [2.24, 2.45) is 0 Å². The summed E-state index contributed by atoms with van der Waals surface area (Å²) in [4.78, 5) is 25.4. The van der Waals surface area contributed by atoms with Crippen LogP contribution in [0, 0.1) is 0 Å². The standard InChI is InChI=1S/C29H29NO4/c1-3-8-26(32)34-24-16-14-19(17-25(24)33-4-2)27-28-20-10-6-5-9-18(20)13-15-22(28)30-21-11-7-12-23(31)29(21)27/h5-6,9-10,13-17,27,30H,3-4,7-8,11-12H2,1-2H3. The van der Waals surface area contributed by atoms with Gasteiger partial charge in [0, 0.05) is 35.7 Å². The SMILES string of the molecule is CCCC(=O)Oc1ccc(C2C3=C(CCCC3=O)Nc3ccc4ccccc4c32)cc1OCC. The third-order valence-electron chi connectivity index (χ3n) is 6.57. The minimum atomic E-state index is -0.276. The van der Waals surface area contributed by atoms with Crippen LogP contribution in [0.4, 0.5) is 5.69 Å². The maximum atomic E-state index is 13.3. The van der Waals surface area contributed by atoms with Gasteiger partial charge in [0.05, 0.1) is 6.61 Å². The van der Waals surface area contributed by atoms with E-state index < -0.39 is 0 Å². The highest BCUT2D eigenvalue weighted by atomic mass is 16.6. The Morgan fingerprint density at radius 2 is 1.88 bits per heavy atom. The molecular formula is C29H29NO4. The molecular weight excluding hydrogens is 426 g/mol. The van der Waals surface area contributed by atoms with Gasteiger partial charge in [-0.1, -0.05) is 43.3 Å². The Labute approximate surface area is 199 Å². The topological polar surface area (TPSA) is 64.6 Å². The molecule has 1 aliphatic heterocycles. The number of carbonyl (C=O) groups is 2. The molecule has 0 saturated heterocycles. The van der Waals surface area contributed by atoms with Crippen LogP contribution >= 0.6 is 0 Å². The molecule has 5 heteroatoms. The number of allylic oxidation sites excluding steroid dienone is 2. The number of Topliss-reactive ketones (excluding diaryl/α,β-unsaturated/α-hetero) is 1. The first-order valence-corrected chi connectivity index (χ1v) is 12.1. The first-order valence-electron chi connectivity index (χ1n) is 12.1. The number of hydrogen-bond donors (Lipinski definition) is 1. The number of carbonyl (C=O) groups excluding carboxylic acids is 2. The average Bonchev–Trinajstić information content (AvgIpc) is 2.84. The van der Waals surface area contributed by atoms with Crippen LogP contribution in [0.2, 0.25) is 0 Å². The summed E-state index contributed by atoms with van der Waals surface area (Å²) in [5.74, 6) is 0.635. The fourth-order valence-electron chi connectivity index (χ4n) is 5.12. The number of hydrogen-bond acceptors (Lipinski definition) is 5. The van der Waals surface area contributed by atoms with E-state index in [4.69, 9.17) is 9.47 Å². The second kappa shape index (κ2) is 9.34. The van der Waals surface area contributed by atoms with Gasteiger partial charge in [-0.25, -0.2) is 0 Å². The zero-order valence-corrected chi connectivity index (χ0v) is 19.6. The van der Waals surface area contributed by atoms with Gasteiger partial charge in [-0.3, -0.25) is 9.59 Å². The molecule has 1 atom stereocenters. The second-order valence-electron chi connectivity index (χ2n) is 8.84. The number of anilines is 1. The molecule has 1 unspecified atom stereocenters. The predicted octanol–water partition coefficient (Wildman–Crippen LogP) is 6.51. The summed E-state index contributed by atoms with van der Waals surface area (Å²) in [6.45, 7) is 4.29. The van der Waals surface area contributed by atoms with Crippen LogP contribution in [0.15, 0.2) is 65.9 Å². The number of rotatable bonds is 6. The van der Waals surface area contributed by atoms with Crippen LogP contribution in [0.5, 0.6) is 11.5 Å². The van der Waals surface area contributed by atoms with E-state index in [2.05, 4.69) is 29.6 Å². The van der Waals surface area contributed by atoms with Crippen molar-refractivity contribution in [2.45, 2.75) is 51.9 Å². The van der Waals surface area contributed by atoms with Crippen LogP contribution in [-0.4, -0.2) is 18.4 Å². The highest BCUT2D eigenvalue weighted by molar-refractivity contribution is 6.04. The zero-order chi connectivity index (χ0) is 23.7. The summed E-state index contributed by atoms with van der Waals surface area (Å²) < 4.78 is 11.5. The molecule has 0 aromatic heterocycles. The Morgan fingerprint density at radius 1 is 1.03 bits per heavy atom. The van der Waals surface area contributed by atoms with Crippen molar-refractivity contribution in [3.63, 3.8) is 0 Å². The Hall–Kier alpha value is -3.60. The summed E-state index contributed by atoms with van der Waals surface area (Å²) in [6, 6.07) is 18.2. The van der Waals surface area contributed by atoms with E-state index in [0.29, 0.717) is 30.9 Å². The van der Waals surface area contributed by atoms with E-state index in [1.54, 1.807) is 6.07 Å². The third kappa shape index (κ3) is 3.96. The van der Waals surface area contributed by atoms with Crippen molar-refractivity contribution >= 4 is 28.2 Å². The first-order chi connectivity index (χ1) is 16.6. The van der Waals surface area contributed by atoms with Crippen LogP contribution < -0.4 is 14.8 Å². The van der Waals surface area contributed by atoms with Gasteiger partial charge in [0.1, 0.15) is 0 Å². The van der Waals surface area contributed by atoms with Crippen LogP contribution in [0.1, 0.15) is 63.0 Å². The molecule has 174 valence electrons. The molecule has 0 bridgehead atoms. The van der Waals surface area contributed by atoms with Gasteiger partial charge in [0.25, 0.3) is 0 Å². The largest absolute Gasteiger partial charge is 0.490 e.